The van der Waals surface area contributed by atoms with Gasteiger partial charge in [0, 0.05) is 28.2 Å². The molecule has 2 aromatic rings. The highest BCUT2D eigenvalue weighted by Gasteiger charge is 2.48. The number of alkyl carbamates (subject to hydrolysis) is 1. The molecule has 2 fully saturated rings. The zero-order chi connectivity index (χ0) is 33.6. The third-order valence-corrected chi connectivity index (χ3v) is 8.94. The van der Waals surface area contributed by atoms with Crippen LogP contribution in [0.3, 0.4) is 0 Å². The second kappa shape index (κ2) is 14.6. The van der Waals surface area contributed by atoms with Crippen molar-refractivity contribution in [2.75, 3.05) is 6.54 Å². The summed E-state index contributed by atoms with van der Waals surface area (Å²) in [6.07, 6.45) is 5.02. The molecule has 4 amide bonds. The summed E-state index contributed by atoms with van der Waals surface area (Å²) in [4.78, 5) is 70.9. The van der Waals surface area contributed by atoms with Crippen LogP contribution in [0.15, 0.2) is 48.3 Å². The molecule has 1 saturated heterocycles. The first kappa shape index (κ1) is 34.8. The van der Waals surface area contributed by atoms with Gasteiger partial charge in [-0.2, -0.15) is 0 Å². The van der Waals surface area contributed by atoms with Crippen LogP contribution in [0.4, 0.5) is 4.79 Å². The Morgan fingerprint density at radius 1 is 1.17 bits per heavy atom. The van der Waals surface area contributed by atoms with Crippen molar-refractivity contribution >= 4 is 46.3 Å². The lowest BCUT2D eigenvalue weighted by atomic mass is 9.85. The number of nitrogens with one attached hydrogen (secondary N) is 2. The number of amides is 4. The molecule has 2 heterocycles. The Labute approximate surface area is 273 Å². The van der Waals surface area contributed by atoms with Crippen molar-refractivity contribution in [3.63, 3.8) is 0 Å². The summed E-state index contributed by atoms with van der Waals surface area (Å²) < 4.78 is 12.0. The fourth-order valence-electron chi connectivity index (χ4n) is 6.10. The number of hydrogen-bond acceptors (Lipinski definition) is 8. The van der Waals surface area contributed by atoms with Crippen molar-refractivity contribution in [2.24, 2.45) is 10.6 Å². The van der Waals surface area contributed by atoms with Gasteiger partial charge in [-0.05, 0) is 68.2 Å². The molecule has 0 spiro atoms. The van der Waals surface area contributed by atoms with Crippen molar-refractivity contribution in [1.29, 1.82) is 0 Å². The zero-order valence-electron chi connectivity index (χ0n) is 26.7. The van der Waals surface area contributed by atoms with Gasteiger partial charge in [0.05, 0.1) is 12.1 Å². The van der Waals surface area contributed by atoms with Gasteiger partial charge in [0.2, 0.25) is 11.8 Å². The van der Waals surface area contributed by atoms with Gasteiger partial charge in [0.1, 0.15) is 35.6 Å². The normalized spacial score (nSPS) is 20.4. The van der Waals surface area contributed by atoms with Crippen molar-refractivity contribution in [3.05, 3.63) is 53.0 Å². The first-order chi connectivity index (χ1) is 21.8. The van der Waals surface area contributed by atoms with E-state index >= 15 is 0 Å². The Balaban J connectivity index is 1.65. The summed E-state index contributed by atoms with van der Waals surface area (Å²) in [5.74, 6) is -1.73. The van der Waals surface area contributed by atoms with Crippen LogP contribution in [0.2, 0.25) is 5.02 Å². The van der Waals surface area contributed by atoms with Crippen LogP contribution >= 0.6 is 11.6 Å². The fourth-order valence-corrected chi connectivity index (χ4v) is 6.27. The topological polar surface area (TPSA) is 156 Å². The summed E-state index contributed by atoms with van der Waals surface area (Å²) in [5, 5.41) is 9.26. The summed E-state index contributed by atoms with van der Waals surface area (Å²) >= 11 is 6.15. The number of rotatable bonds is 11. The predicted octanol–water partition coefficient (Wildman–Crippen LogP) is 5.45. The van der Waals surface area contributed by atoms with E-state index in [-0.39, 0.29) is 31.9 Å². The molecule has 0 radical (unpaired) electrons. The maximum Gasteiger partial charge on any atom is 0.408 e. The molecule has 248 valence electrons. The Kier molecular flexibility index (Phi) is 11.0. The number of halogens is 1. The fraction of sp³-hybridized carbons (Fsp3) is 0.545. The van der Waals surface area contributed by atoms with Gasteiger partial charge < -0.3 is 25.0 Å². The quantitative estimate of drug-likeness (QED) is 0.239. The molecule has 46 heavy (non-hydrogen) atoms. The molecule has 1 aliphatic heterocycles. The van der Waals surface area contributed by atoms with Crippen molar-refractivity contribution in [3.8, 4) is 5.75 Å². The van der Waals surface area contributed by atoms with E-state index in [1.54, 1.807) is 58.2 Å². The average molecular weight is 656 g/mol. The number of nitroso groups, excluding NO2 is 1. The number of aromatic nitrogens is 1. The van der Waals surface area contributed by atoms with Crippen molar-refractivity contribution < 1.29 is 28.7 Å². The SMILES string of the molecule is C=CC[C@@](CC)(NC(=O)[C@@H]1C[C@@H](Oc2ccnc3cc(Cl)ccc23)CN1C(=O)[C@@H](NC(=O)OC1CCCC1)C(C)(C)C)C(=O)N=O. The minimum atomic E-state index is -1.62. The maximum absolute atomic E-state index is 14.3. The average Bonchev–Trinajstić information content (AvgIpc) is 3.68. The van der Waals surface area contributed by atoms with Crippen LogP contribution in [0.1, 0.15) is 72.6 Å². The first-order valence-corrected chi connectivity index (χ1v) is 16.0. The second-order valence-electron chi connectivity index (χ2n) is 13.0. The zero-order valence-corrected chi connectivity index (χ0v) is 27.5. The number of fused-ring (bicyclic) bond motifs is 1. The molecule has 4 rings (SSSR count). The van der Waals surface area contributed by atoms with Gasteiger partial charge in [0.15, 0.2) is 0 Å². The largest absolute Gasteiger partial charge is 0.488 e. The van der Waals surface area contributed by atoms with Gasteiger partial charge in [-0.25, -0.2) is 4.79 Å². The molecule has 1 aromatic carbocycles. The number of carbonyl (C=O) groups is 4. The number of likely N-dealkylation sites (tertiary alicyclic amines) is 1. The van der Waals surface area contributed by atoms with E-state index in [9.17, 15) is 24.1 Å². The third kappa shape index (κ3) is 7.83. The van der Waals surface area contributed by atoms with Crippen LogP contribution in [-0.2, 0) is 19.1 Å². The standard InChI is InChI=1S/C33H42ClN5O7/c1-6-15-33(7-2,30(42)38-44)37-28(40)25-18-22(45-26-14-16-35-24-17-20(34)12-13-23(24)26)19-39(25)29(41)27(32(3,4)5)36-31(43)46-21-10-8-9-11-21/h6,12-14,16-17,21-22,25,27H,1,7-11,15,18-19H2,2-5H3,(H,36,43)(H,37,40)/t22-,25+,27-,33-/m1/s1. The van der Waals surface area contributed by atoms with Gasteiger partial charge in [-0.1, -0.05) is 45.4 Å². The van der Waals surface area contributed by atoms with Crippen LogP contribution in [0.25, 0.3) is 10.9 Å². The van der Waals surface area contributed by atoms with Crippen LogP contribution in [-0.4, -0.2) is 70.1 Å². The number of nitrogens with zero attached hydrogens (tertiary/aromatic N) is 3. The lowest BCUT2D eigenvalue weighted by molar-refractivity contribution is -0.143. The summed E-state index contributed by atoms with van der Waals surface area (Å²) in [7, 11) is 0. The highest BCUT2D eigenvalue weighted by atomic mass is 35.5. The molecular formula is C33H42ClN5O7. The van der Waals surface area contributed by atoms with Gasteiger partial charge in [0.25, 0.3) is 0 Å². The number of pyridine rings is 1. The number of ether oxygens (including phenoxy) is 2. The predicted molar refractivity (Wildman–Crippen MR) is 173 cm³/mol. The Hall–Kier alpha value is -4.06. The molecule has 1 aromatic heterocycles. The van der Waals surface area contributed by atoms with E-state index in [4.69, 9.17) is 21.1 Å². The highest BCUT2D eigenvalue weighted by molar-refractivity contribution is 6.31. The minimum absolute atomic E-state index is 0.000713. The molecule has 13 heteroatoms. The summed E-state index contributed by atoms with van der Waals surface area (Å²) in [6, 6.07) is 4.73. The Bertz CT molecular complexity index is 1490. The molecule has 1 saturated carbocycles. The van der Waals surface area contributed by atoms with Crippen LogP contribution < -0.4 is 15.4 Å². The molecule has 2 N–H and O–H groups in total. The van der Waals surface area contributed by atoms with E-state index in [1.807, 2.05) is 0 Å². The Morgan fingerprint density at radius 2 is 1.89 bits per heavy atom. The lowest BCUT2D eigenvalue weighted by Crippen LogP contribution is -2.61. The van der Waals surface area contributed by atoms with E-state index in [0.29, 0.717) is 21.7 Å². The third-order valence-electron chi connectivity index (χ3n) is 8.71. The van der Waals surface area contributed by atoms with Crippen molar-refractivity contribution in [2.45, 2.75) is 102 Å². The molecule has 0 unspecified atom stereocenters. The Morgan fingerprint density at radius 3 is 2.52 bits per heavy atom. The van der Waals surface area contributed by atoms with Crippen LogP contribution in [0.5, 0.6) is 5.75 Å². The monoisotopic (exact) mass is 655 g/mol. The molecule has 12 nitrogen and oxygen atoms in total. The highest BCUT2D eigenvalue weighted by Crippen LogP contribution is 2.32. The van der Waals surface area contributed by atoms with E-state index in [2.05, 4.69) is 27.4 Å². The summed E-state index contributed by atoms with van der Waals surface area (Å²) in [5.41, 5.74) is -1.78. The summed E-state index contributed by atoms with van der Waals surface area (Å²) in [6.45, 7) is 10.7. The van der Waals surface area contributed by atoms with Gasteiger partial charge >= 0.3 is 12.0 Å². The van der Waals surface area contributed by atoms with E-state index < -0.39 is 53.0 Å². The molecular weight excluding hydrogens is 614 g/mol. The number of hydrogen-bond donors (Lipinski definition) is 2. The smallest absolute Gasteiger partial charge is 0.408 e. The van der Waals surface area contributed by atoms with Crippen LogP contribution in [0, 0.1) is 10.3 Å². The lowest BCUT2D eigenvalue weighted by Gasteiger charge is -2.36. The molecule has 0 bridgehead atoms. The van der Waals surface area contributed by atoms with E-state index in [0.717, 1.165) is 25.7 Å². The second-order valence-corrected chi connectivity index (χ2v) is 13.5. The first-order valence-electron chi connectivity index (χ1n) is 15.6. The molecule has 4 atom stereocenters. The maximum atomic E-state index is 14.3. The minimum Gasteiger partial charge on any atom is -0.488 e. The number of benzene rings is 1. The van der Waals surface area contributed by atoms with E-state index in [1.165, 1.54) is 11.0 Å². The number of carbonyl (C=O) groups excluding carboxylic acids is 4. The molecule has 1 aliphatic carbocycles. The molecule has 2 aliphatic rings. The van der Waals surface area contributed by atoms with Crippen molar-refractivity contribution in [1.82, 2.24) is 20.5 Å². The van der Waals surface area contributed by atoms with Gasteiger partial charge in [-0.15, -0.1) is 11.5 Å². The van der Waals surface area contributed by atoms with Gasteiger partial charge in [-0.3, -0.25) is 19.4 Å².